The van der Waals surface area contributed by atoms with Gasteiger partial charge in [0.25, 0.3) is 5.56 Å². The standard InChI is InChI=1S/C9H10N4O2S/c14-8-7(5-12-1-3-15-4-2-12)16-9-10-6-11-13(8)9/h5-6H,1-4H2/b7-5-. The summed E-state index contributed by atoms with van der Waals surface area (Å²) in [6.07, 6.45) is 3.28. The van der Waals surface area contributed by atoms with Crippen LogP contribution in [-0.2, 0) is 4.74 Å². The van der Waals surface area contributed by atoms with Gasteiger partial charge in [-0.3, -0.25) is 4.79 Å². The van der Waals surface area contributed by atoms with Crippen LogP contribution in [0.15, 0.2) is 11.1 Å². The first kappa shape index (κ1) is 9.73. The highest BCUT2D eigenvalue weighted by Crippen LogP contribution is 1.99. The van der Waals surface area contributed by atoms with Gasteiger partial charge in [0.2, 0.25) is 4.96 Å². The van der Waals surface area contributed by atoms with Gasteiger partial charge in [0.1, 0.15) is 10.9 Å². The number of ether oxygens (including phenoxy) is 1. The van der Waals surface area contributed by atoms with Crippen molar-refractivity contribution in [3.63, 3.8) is 0 Å². The van der Waals surface area contributed by atoms with Crippen molar-refractivity contribution in [2.24, 2.45) is 0 Å². The molecular formula is C9H10N4O2S. The zero-order valence-electron chi connectivity index (χ0n) is 8.50. The molecule has 3 rings (SSSR count). The van der Waals surface area contributed by atoms with Crippen LogP contribution in [-0.4, -0.2) is 45.8 Å². The Morgan fingerprint density at radius 1 is 1.44 bits per heavy atom. The van der Waals surface area contributed by atoms with Crippen molar-refractivity contribution in [1.82, 2.24) is 19.5 Å². The molecule has 0 saturated carbocycles. The number of nitrogens with zero attached hydrogens (tertiary/aromatic N) is 4. The summed E-state index contributed by atoms with van der Waals surface area (Å²) in [6, 6.07) is 0. The summed E-state index contributed by atoms with van der Waals surface area (Å²) < 4.78 is 7.25. The third-order valence-corrected chi connectivity index (χ3v) is 3.43. The smallest absolute Gasteiger partial charge is 0.292 e. The minimum atomic E-state index is -0.0935. The number of thiazole rings is 1. The molecule has 16 heavy (non-hydrogen) atoms. The van der Waals surface area contributed by atoms with E-state index < -0.39 is 0 Å². The number of hydrogen-bond donors (Lipinski definition) is 0. The molecule has 0 radical (unpaired) electrons. The van der Waals surface area contributed by atoms with Gasteiger partial charge in [0.05, 0.1) is 13.2 Å². The largest absolute Gasteiger partial charge is 0.378 e. The molecule has 2 aromatic heterocycles. The molecule has 1 aliphatic rings. The Bertz CT molecular complexity index is 599. The van der Waals surface area contributed by atoms with Crippen molar-refractivity contribution in [2.45, 2.75) is 0 Å². The lowest BCUT2D eigenvalue weighted by atomic mass is 10.4. The molecule has 0 N–H and O–H groups in total. The Balaban J connectivity index is 2.04. The maximum atomic E-state index is 11.8. The summed E-state index contributed by atoms with van der Waals surface area (Å²) >= 11 is 1.36. The van der Waals surface area contributed by atoms with Crippen molar-refractivity contribution >= 4 is 22.5 Å². The Hall–Kier alpha value is -1.47. The number of aromatic nitrogens is 3. The number of hydrogen-bond acceptors (Lipinski definition) is 6. The molecule has 3 heterocycles. The van der Waals surface area contributed by atoms with Crippen molar-refractivity contribution in [1.29, 1.82) is 0 Å². The van der Waals surface area contributed by atoms with E-state index in [1.54, 1.807) is 0 Å². The van der Waals surface area contributed by atoms with E-state index in [0.29, 0.717) is 22.7 Å². The van der Waals surface area contributed by atoms with Gasteiger partial charge in [-0.15, -0.1) is 0 Å². The molecule has 0 aromatic carbocycles. The van der Waals surface area contributed by atoms with Crippen molar-refractivity contribution in [3.8, 4) is 0 Å². The Labute approximate surface area is 94.8 Å². The molecule has 0 amide bonds. The van der Waals surface area contributed by atoms with E-state index >= 15 is 0 Å². The lowest BCUT2D eigenvalue weighted by Crippen LogP contribution is -2.35. The molecular weight excluding hydrogens is 228 g/mol. The van der Waals surface area contributed by atoms with Gasteiger partial charge in [0, 0.05) is 19.3 Å². The topological polar surface area (TPSA) is 59.7 Å². The molecule has 0 bridgehead atoms. The van der Waals surface area contributed by atoms with Gasteiger partial charge in [-0.1, -0.05) is 11.3 Å². The number of rotatable bonds is 1. The van der Waals surface area contributed by atoms with Gasteiger partial charge in [-0.25, -0.2) is 4.98 Å². The van der Waals surface area contributed by atoms with Crippen LogP contribution in [0.2, 0.25) is 0 Å². The fourth-order valence-electron chi connectivity index (χ4n) is 1.64. The molecule has 6 nitrogen and oxygen atoms in total. The fraction of sp³-hybridized carbons (Fsp3) is 0.444. The molecule has 84 valence electrons. The second-order valence-corrected chi connectivity index (χ2v) is 4.51. The van der Waals surface area contributed by atoms with Gasteiger partial charge in [0.15, 0.2) is 0 Å². The van der Waals surface area contributed by atoms with Crippen molar-refractivity contribution in [2.75, 3.05) is 26.3 Å². The molecule has 0 unspecified atom stereocenters. The summed E-state index contributed by atoms with van der Waals surface area (Å²) in [7, 11) is 0. The van der Waals surface area contributed by atoms with Crippen LogP contribution in [0, 0.1) is 0 Å². The average molecular weight is 238 g/mol. The van der Waals surface area contributed by atoms with Gasteiger partial charge in [-0.05, 0) is 0 Å². The van der Waals surface area contributed by atoms with Crippen LogP contribution in [0.3, 0.4) is 0 Å². The van der Waals surface area contributed by atoms with E-state index in [1.165, 1.54) is 22.2 Å². The van der Waals surface area contributed by atoms with Crippen molar-refractivity contribution < 1.29 is 4.74 Å². The second kappa shape index (κ2) is 3.84. The van der Waals surface area contributed by atoms with Crippen LogP contribution >= 0.6 is 11.3 Å². The predicted molar refractivity (Wildman–Crippen MR) is 59.2 cm³/mol. The van der Waals surface area contributed by atoms with Crippen LogP contribution in [0.1, 0.15) is 0 Å². The highest BCUT2D eigenvalue weighted by molar-refractivity contribution is 7.14. The summed E-state index contributed by atoms with van der Waals surface area (Å²) in [5.74, 6) is 0. The molecule has 0 aliphatic carbocycles. The Morgan fingerprint density at radius 2 is 2.25 bits per heavy atom. The summed E-state index contributed by atoms with van der Waals surface area (Å²) in [5, 5.41) is 3.87. The number of morpholine rings is 1. The van der Waals surface area contributed by atoms with E-state index in [1.807, 2.05) is 6.20 Å². The van der Waals surface area contributed by atoms with E-state index in [2.05, 4.69) is 15.0 Å². The summed E-state index contributed by atoms with van der Waals surface area (Å²) in [5.41, 5.74) is -0.0935. The third-order valence-electron chi connectivity index (χ3n) is 2.47. The molecule has 1 fully saturated rings. The third kappa shape index (κ3) is 1.57. The zero-order valence-corrected chi connectivity index (χ0v) is 9.31. The maximum Gasteiger partial charge on any atom is 0.292 e. The lowest BCUT2D eigenvalue weighted by molar-refractivity contribution is 0.0663. The van der Waals surface area contributed by atoms with Gasteiger partial charge in [-0.2, -0.15) is 9.61 Å². The summed E-state index contributed by atoms with van der Waals surface area (Å²) in [4.78, 5) is 18.6. The normalized spacial score (nSPS) is 18.5. The SMILES string of the molecule is O=c1/c(=C/N2CCOCC2)sc2ncnn12. The highest BCUT2D eigenvalue weighted by atomic mass is 32.1. The van der Waals surface area contributed by atoms with E-state index in [4.69, 9.17) is 4.74 Å². The number of fused-ring (bicyclic) bond motifs is 1. The fourth-order valence-corrected chi connectivity index (χ4v) is 2.53. The molecule has 7 heteroatoms. The molecule has 1 saturated heterocycles. The first-order valence-electron chi connectivity index (χ1n) is 5.01. The second-order valence-electron chi connectivity index (χ2n) is 3.50. The van der Waals surface area contributed by atoms with E-state index in [-0.39, 0.29) is 5.56 Å². The van der Waals surface area contributed by atoms with Crippen LogP contribution in [0.4, 0.5) is 0 Å². The minimum Gasteiger partial charge on any atom is -0.378 e. The predicted octanol–water partition coefficient (Wildman–Crippen LogP) is -1.06. The molecule has 0 atom stereocenters. The lowest BCUT2D eigenvalue weighted by Gasteiger charge is -2.24. The average Bonchev–Trinajstić information content (AvgIpc) is 2.86. The van der Waals surface area contributed by atoms with Crippen LogP contribution < -0.4 is 10.1 Å². The van der Waals surface area contributed by atoms with E-state index in [9.17, 15) is 4.79 Å². The quantitative estimate of drug-likeness (QED) is 0.634. The first-order valence-corrected chi connectivity index (χ1v) is 5.82. The first-order chi connectivity index (χ1) is 7.84. The van der Waals surface area contributed by atoms with Crippen LogP contribution in [0.5, 0.6) is 0 Å². The highest BCUT2D eigenvalue weighted by Gasteiger charge is 2.09. The molecule has 2 aromatic rings. The zero-order chi connectivity index (χ0) is 11.0. The minimum absolute atomic E-state index is 0.0935. The van der Waals surface area contributed by atoms with Crippen LogP contribution in [0.25, 0.3) is 11.2 Å². The van der Waals surface area contributed by atoms with Gasteiger partial charge >= 0.3 is 0 Å². The molecule has 1 aliphatic heterocycles. The Kier molecular flexibility index (Phi) is 2.33. The Morgan fingerprint density at radius 3 is 3.00 bits per heavy atom. The van der Waals surface area contributed by atoms with Crippen molar-refractivity contribution in [3.05, 3.63) is 21.2 Å². The maximum absolute atomic E-state index is 11.8. The monoisotopic (exact) mass is 238 g/mol. The van der Waals surface area contributed by atoms with E-state index in [0.717, 1.165) is 13.1 Å². The summed E-state index contributed by atoms with van der Waals surface area (Å²) in [6.45, 7) is 3.08. The van der Waals surface area contributed by atoms with Gasteiger partial charge < -0.3 is 9.64 Å². The molecule has 0 spiro atoms.